The molecule has 0 aromatic carbocycles. The van der Waals surface area contributed by atoms with E-state index in [0.717, 1.165) is 0 Å². The first-order chi connectivity index (χ1) is 2.77. The Morgan fingerprint density at radius 3 is 2.14 bits per heavy atom. The van der Waals surface area contributed by atoms with Gasteiger partial charge in [0.05, 0.1) is 6.61 Å². The Kier molecular flexibility index (Phi) is 11.1. The molecule has 0 rings (SSSR count). The van der Waals surface area contributed by atoms with E-state index in [9.17, 15) is 4.79 Å². The Bertz CT molecular complexity index is 53.7. The molecule has 0 radical (unpaired) electrons. The molecule has 38 valence electrons. The summed E-state index contributed by atoms with van der Waals surface area (Å²) < 4.78 is 4.40. The predicted molar refractivity (Wildman–Crippen MR) is 29.5 cm³/mol. The van der Waals surface area contributed by atoms with Gasteiger partial charge < -0.3 is 4.74 Å². The predicted octanol–water partition coefficient (Wildman–Crippen LogP) is -0.0791. The molecular weight excluding hydrogens is 119 g/mol. The van der Waals surface area contributed by atoms with E-state index in [4.69, 9.17) is 0 Å². The molecule has 0 aliphatic carbocycles. The Hall–Kier alpha value is 1.11. The molecule has 0 N–H and O–H groups in total. The van der Waals surface area contributed by atoms with E-state index in [1.165, 1.54) is 6.92 Å². The van der Waals surface area contributed by atoms with Crippen LogP contribution in [0.4, 0.5) is 0 Å². The number of carbonyl (C=O) groups excluding carboxylic acids is 1. The van der Waals surface area contributed by atoms with Gasteiger partial charge in [-0.15, -0.1) is 0 Å². The maximum absolute atomic E-state index is 9.82. The van der Waals surface area contributed by atoms with Gasteiger partial charge in [0.15, 0.2) is 0 Å². The van der Waals surface area contributed by atoms with Crippen molar-refractivity contribution in [3.63, 3.8) is 0 Å². The summed E-state index contributed by atoms with van der Waals surface area (Å²) in [7, 11) is 0. The second-order valence-corrected chi connectivity index (χ2v) is 0.925. The minimum atomic E-state index is -0.211. The molecule has 0 fully saturated rings. The van der Waals surface area contributed by atoms with Crippen LogP contribution >= 0.6 is 0 Å². The van der Waals surface area contributed by atoms with Crippen LogP contribution < -0.4 is 0 Å². The van der Waals surface area contributed by atoms with Gasteiger partial charge >= 0.3 is 57.4 Å². The Balaban J connectivity index is 0. The fourth-order valence-corrected chi connectivity index (χ4v) is 0.203. The summed E-state index contributed by atoms with van der Waals surface area (Å²) in [6.45, 7) is 3.65. The first-order valence-corrected chi connectivity index (χ1v) is 1.90. The van der Waals surface area contributed by atoms with E-state index in [-0.39, 0.29) is 57.4 Å². The molecule has 0 aliphatic heterocycles. The van der Waals surface area contributed by atoms with Crippen molar-refractivity contribution in [3.05, 3.63) is 0 Å². The van der Waals surface area contributed by atoms with Crippen LogP contribution in [0.15, 0.2) is 0 Å². The maximum atomic E-state index is 9.82. The van der Waals surface area contributed by atoms with Gasteiger partial charge in [-0.3, -0.25) is 4.79 Å². The van der Waals surface area contributed by atoms with Crippen LogP contribution in [0, 0.1) is 0 Å². The van der Waals surface area contributed by atoms with Gasteiger partial charge in [-0.2, -0.15) is 0 Å². The average Bonchev–Trinajstić information content (AvgIpc) is 1.35. The van der Waals surface area contributed by atoms with Gasteiger partial charge in [0.25, 0.3) is 0 Å². The van der Waals surface area contributed by atoms with Gasteiger partial charge in [0.1, 0.15) is 0 Å². The molecule has 0 aromatic heterocycles. The van der Waals surface area contributed by atoms with Crippen LogP contribution in [-0.4, -0.2) is 64.0 Å². The fraction of sp³-hybridized carbons (Fsp3) is 0.750. The van der Waals surface area contributed by atoms with E-state index in [1.54, 1.807) is 6.92 Å². The third kappa shape index (κ3) is 11.0. The molecule has 0 saturated heterocycles. The third-order valence-corrected chi connectivity index (χ3v) is 0.348. The average molecular weight is 128 g/mol. The van der Waals surface area contributed by atoms with E-state index < -0.39 is 0 Å². The Labute approximate surface area is 86.0 Å². The molecular formula is C4H9KO2. The molecule has 0 bridgehead atoms. The second-order valence-electron chi connectivity index (χ2n) is 0.925. The molecule has 0 unspecified atom stereocenters. The summed E-state index contributed by atoms with van der Waals surface area (Å²) >= 11 is 0. The standard InChI is InChI=1S/C4H8O2.K.H/c1-3-6-4(2)5;;/h3H2,1-2H3;;. The van der Waals surface area contributed by atoms with Crippen molar-refractivity contribution in [2.45, 2.75) is 13.8 Å². The van der Waals surface area contributed by atoms with Crippen molar-refractivity contribution in [3.8, 4) is 0 Å². The molecule has 3 heteroatoms. The topological polar surface area (TPSA) is 26.3 Å². The van der Waals surface area contributed by atoms with E-state index >= 15 is 0 Å². The van der Waals surface area contributed by atoms with Crippen molar-refractivity contribution in [2.24, 2.45) is 0 Å². The van der Waals surface area contributed by atoms with E-state index in [0.29, 0.717) is 6.61 Å². The minimum absolute atomic E-state index is 0. The molecule has 0 atom stereocenters. The molecule has 0 aromatic rings. The first-order valence-electron chi connectivity index (χ1n) is 1.90. The molecule has 2 nitrogen and oxygen atoms in total. The van der Waals surface area contributed by atoms with Gasteiger partial charge in [-0.25, -0.2) is 0 Å². The van der Waals surface area contributed by atoms with Crippen molar-refractivity contribution in [1.29, 1.82) is 0 Å². The SMILES string of the molecule is CCOC(C)=O.[KH]. The van der Waals surface area contributed by atoms with Crippen LogP contribution in [0.1, 0.15) is 13.8 Å². The third-order valence-electron chi connectivity index (χ3n) is 0.348. The summed E-state index contributed by atoms with van der Waals surface area (Å²) in [5.74, 6) is -0.211. The van der Waals surface area contributed by atoms with Crippen LogP contribution in [0.25, 0.3) is 0 Å². The Morgan fingerprint density at radius 1 is 1.71 bits per heavy atom. The molecule has 0 heterocycles. The fourth-order valence-electron chi connectivity index (χ4n) is 0.203. The van der Waals surface area contributed by atoms with Crippen molar-refractivity contribution in [2.75, 3.05) is 6.61 Å². The monoisotopic (exact) mass is 128 g/mol. The quantitative estimate of drug-likeness (QED) is 0.365. The van der Waals surface area contributed by atoms with Crippen molar-refractivity contribution in [1.82, 2.24) is 0 Å². The van der Waals surface area contributed by atoms with Gasteiger partial charge in [-0.05, 0) is 6.92 Å². The zero-order valence-electron chi connectivity index (χ0n) is 4.02. The summed E-state index contributed by atoms with van der Waals surface area (Å²) in [6.07, 6.45) is 0. The van der Waals surface area contributed by atoms with Gasteiger partial charge in [0.2, 0.25) is 0 Å². The zero-order chi connectivity index (χ0) is 4.99. The van der Waals surface area contributed by atoms with E-state index in [2.05, 4.69) is 4.74 Å². The number of carbonyl (C=O) groups is 1. The number of hydrogen-bond acceptors (Lipinski definition) is 2. The van der Waals surface area contributed by atoms with Crippen LogP contribution in [-0.2, 0) is 9.53 Å². The number of hydrogen-bond donors (Lipinski definition) is 0. The number of ether oxygens (including phenoxy) is 1. The second kappa shape index (κ2) is 7.11. The van der Waals surface area contributed by atoms with Gasteiger partial charge in [0, 0.05) is 6.92 Å². The molecule has 7 heavy (non-hydrogen) atoms. The van der Waals surface area contributed by atoms with Crippen LogP contribution in [0.5, 0.6) is 0 Å². The summed E-state index contributed by atoms with van der Waals surface area (Å²) in [4.78, 5) is 9.82. The zero-order valence-corrected chi connectivity index (χ0v) is 4.02. The van der Waals surface area contributed by atoms with Crippen LogP contribution in [0.2, 0.25) is 0 Å². The van der Waals surface area contributed by atoms with Gasteiger partial charge in [-0.1, -0.05) is 0 Å². The Morgan fingerprint density at radius 2 is 2.14 bits per heavy atom. The molecule has 0 amide bonds. The van der Waals surface area contributed by atoms with Crippen LogP contribution in [0.3, 0.4) is 0 Å². The van der Waals surface area contributed by atoms with E-state index in [1.807, 2.05) is 0 Å². The summed E-state index contributed by atoms with van der Waals surface area (Å²) in [5, 5.41) is 0. The number of esters is 1. The molecule has 0 aliphatic rings. The number of rotatable bonds is 1. The molecule has 0 spiro atoms. The normalized spacial score (nSPS) is 6.57. The molecule has 0 saturated carbocycles. The summed E-state index contributed by atoms with van der Waals surface area (Å²) in [5.41, 5.74) is 0. The van der Waals surface area contributed by atoms with Crippen molar-refractivity contribution >= 4 is 57.4 Å². The summed E-state index contributed by atoms with van der Waals surface area (Å²) in [6, 6.07) is 0. The van der Waals surface area contributed by atoms with Crippen molar-refractivity contribution < 1.29 is 9.53 Å². The first kappa shape index (κ1) is 11.0.